The van der Waals surface area contributed by atoms with Gasteiger partial charge in [0.2, 0.25) is 5.91 Å². The number of rotatable bonds is 6. The summed E-state index contributed by atoms with van der Waals surface area (Å²) < 4.78 is 5.07. The SMILES string of the molecule is CCOC(=O)C1CCCN(C(=O)CN(C)Cc2cnc(N)s2)C1. The number of amides is 1. The van der Waals surface area contributed by atoms with Crippen LogP contribution in [0.15, 0.2) is 6.20 Å². The summed E-state index contributed by atoms with van der Waals surface area (Å²) in [6, 6.07) is 0. The monoisotopic (exact) mass is 340 g/mol. The zero-order chi connectivity index (χ0) is 16.8. The van der Waals surface area contributed by atoms with Crippen molar-refractivity contribution in [2.75, 3.05) is 39.0 Å². The van der Waals surface area contributed by atoms with Crippen molar-refractivity contribution < 1.29 is 14.3 Å². The molecule has 1 fully saturated rings. The second kappa shape index (κ2) is 8.26. The Morgan fingerprint density at radius 1 is 1.57 bits per heavy atom. The van der Waals surface area contributed by atoms with Crippen LogP contribution < -0.4 is 5.73 Å². The molecule has 1 saturated heterocycles. The van der Waals surface area contributed by atoms with E-state index in [0.29, 0.717) is 37.9 Å². The molecular formula is C15H24N4O3S. The van der Waals surface area contributed by atoms with Crippen molar-refractivity contribution in [1.29, 1.82) is 0 Å². The van der Waals surface area contributed by atoms with E-state index in [0.717, 1.165) is 17.7 Å². The smallest absolute Gasteiger partial charge is 0.310 e. The first-order valence-corrected chi connectivity index (χ1v) is 8.64. The average Bonchev–Trinajstić information content (AvgIpc) is 2.92. The van der Waals surface area contributed by atoms with Crippen molar-refractivity contribution in [3.8, 4) is 0 Å². The topological polar surface area (TPSA) is 88.8 Å². The van der Waals surface area contributed by atoms with Crippen LogP contribution in [-0.4, -0.2) is 59.9 Å². The van der Waals surface area contributed by atoms with Gasteiger partial charge in [-0.05, 0) is 26.8 Å². The fourth-order valence-corrected chi connectivity index (χ4v) is 3.47. The summed E-state index contributed by atoms with van der Waals surface area (Å²) in [4.78, 5) is 33.0. The average molecular weight is 340 g/mol. The van der Waals surface area contributed by atoms with E-state index in [4.69, 9.17) is 10.5 Å². The molecule has 23 heavy (non-hydrogen) atoms. The Labute approximate surface area is 140 Å². The van der Waals surface area contributed by atoms with Crippen LogP contribution in [-0.2, 0) is 20.9 Å². The molecule has 1 amide bonds. The number of nitrogens with zero attached hydrogens (tertiary/aromatic N) is 3. The van der Waals surface area contributed by atoms with Crippen LogP contribution >= 0.6 is 11.3 Å². The molecule has 2 heterocycles. The number of anilines is 1. The van der Waals surface area contributed by atoms with Gasteiger partial charge in [-0.15, -0.1) is 11.3 Å². The predicted molar refractivity (Wildman–Crippen MR) is 88.8 cm³/mol. The molecule has 0 aromatic carbocycles. The van der Waals surface area contributed by atoms with Gasteiger partial charge in [0.15, 0.2) is 5.13 Å². The number of nitrogen functional groups attached to an aromatic ring is 1. The third-order valence-corrected chi connectivity index (χ3v) is 4.61. The van der Waals surface area contributed by atoms with Crippen LogP contribution in [0.4, 0.5) is 5.13 Å². The first-order valence-electron chi connectivity index (χ1n) is 7.82. The number of esters is 1. The zero-order valence-corrected chi connectivity index (χ0v) is 14.5. The molecule has 0 radical (unpaired) electrons. The van der Waals surface area contributed by atoms with E-state index >= 15 is 0 Å². The number of ether oxygens (including phenoxy) is 1. The summed E-state index contributed by atoms with van der Waals surface area (Å²) in [5.41, 5.74) is 5.61. The van der Waals surface area contributed by atoms with Crippen LogP contribution in [0, 0.1) is 5.92 Å². The molecule has 1 aliphatic rings. The summed E-state index contributed by atoms with van der Waals surface area (Å²) in [5.74, 6) is -0.350. The van der Waals surface area contributed by atoms with Gasteiger partial charge in [-0.3, -0.25) is 14.5 Å². The highest BCUT2D eigenvalue weighted by Crippen LogP contribution is 2.19. The van der Waals surface area contributed by atoms with Crippen molar-refractivity contribution >= 4 is 28.3 Å². The van der Waals surface area contributed by atoms with Crippen LogP contribution in [0.5, 0.6) is 0 Å². The number of piperidine rings is 1. The highest BCUT2D eigenvalue weighted by molar-refractivity contribution is 7.15. The number of thiazole rings is 1. The van der Waals surface area contributed by atoms with Crippen molar-refractivity contribution in [2.45, 2.75) is 26.3 Å². The Balaban J connectivity index is 1.83. The zero-order valence-electron chi connectivity index (χ0n) is 13.7. The molecule has 2 rings (SSSR count). The molecule has 8 heteroatoms. The van der Waals surface area contributed by atoms with Gasteiger partial charge >= 0.3 is 5.97 Å². The molecule has 0 spiro atoms. The molecule has 128 valence electrons. The van der Waals surface area contributed by atoms with Crippen molar-refractivity contribution in [3.05, 3.63) is 11.1 Å². The number of nitrogens with two attached hydrogens (primary N) is 1. The minimum atomic E-state index is -0.196. The van der Waals surface area contributed by atoms with E-state index < -0.39 is 0 Å². The minimum Gasteiger partial charge on any atom is -0.466 e. The normalized spacial score (nSPS) is 18.2. The number of carbonyl (C=O) groups excluding carboxylic acids is 2. The maximum atomic E-state index is 12.4. The number of hydrogen-bond donors (Lipinski definition) is 1. The Morgan fingerprint density at radius 3 is 3.00 bits per heavy atom. The van der Waals surface area contributed by atoms with Gasteiger partial charge in [0.05, 0.1) is 19.1 Å². The first-order chi connectivity index (χ1) is 11.0. The summed E-state index contributed by atoms with van der Waals surface area (Å²) in [6.07, 6.45) is 3.36. The molecule has 7 nitrogen and oxygen atoms in total. The van der Waals surface area contributed by atoms with Gasteiger partial charge in [0, 0.05) is 30.7 Å². The van der Waals surface area contributed by atoms with Crippen LogP contribution in [0.1, 0.15) is 24.6 Å². The van der Waals surface area contributed by atoms with Crippen molar-refractivity contribution in [2.24, 2.45) is 5.92 Å². The number of hydrogen-bond acceptors (Lipinski definition) is 7. The third kappa shape index (κ3) is 5.18. The lowest BCUT2D eigenvalue weighted by atomic mass is 9.98. The summed E-state index contributed by atoms with van der Waals surface area (Å²) in [6.45, 7) is 4.28. The molecule has 0 saturated carbocycles. The minimum absolute atomic E-state index is 0.0407. The first kappa shape index (κ1) is 17.7. The van der Waals surface area contributed by atoms with Gasteiger partial charge in [0.25, 0.3) is 0 Å². The fourth-order valence-electron chi connectivity index (χ4n) is 2.70. The van der Waals surface area contributed by atoms with Gasteiger partial charge in [-0.1, -0.05) is 0 Å². The molecular weight excluding hydrogens is 316 g/mol. The maximum Gasteiger partial charge on any atom is 0.310 e. The highest BCUT2D eigenvalue weighted by atomic mass is 32.1. The molecule has 1 aromatic rings. The second-order valence-corrected chi connectivity index (χ2v) is 6.91. The molecule has 1 aliphatic heterocycles. The van der Waals surface area contributed by atoms with Crippen LogP contribution in [0.3, 0.4) is 0 Å². The Bertz CT molecular complexity index is 549. The molecule has 0 aliphatic carbocycles. The van der Waals surface area contributed by atoms with E-state index in [2.05, 4.69) is 4.98 Å². The second-order valence-electron chi connectivity index (χ2n) is 5.77. The van der Waals surface area contributed by atoms with Crippen LogP contribution in [0.2, 0.25) is 0 Å². The lowest BCUT2D eigenvalue weighted by molar-refractivity contribution is -0.151. The van der Waals surface area contributed by atoms with E-state index in [-0.39, 0.29) is 17.8 Å². The molecule has 1 aromatic heterocycles. The van der Waals surface area contributed by atoms with Crippen molar-refractivity contribution in [1.82, 2.24) is 14.8 Å². The van der Waals surface area contributed by atoms with E-state index in [1.807, 2.05) is 11.9 Å². The summed E-state index contributed by atoms with van der Waals surface area (Å²) in [7, 11) is 1.89. The van der Waals surface area contributed by atoms with E-state index in [9.17, 15) is 9.59 Å². The van der Waals surface area contributed by atoms with Crippen molar-refractivity contribution in [3.63, 3.8) is 0 Å². The maximum absolute atomic E-state index is 12.4. The largest absolute Gasteiger partial charge is 0.466 e. The molecule has 2 N–H and O–H groups in total. The Hall–Kier alpha value is -1.67. The van der Waals surface area contributed by atoms with Gasteiger partial charge in [-0.2, -0.15) is 0 Å². The molecule has 1 atom stereocenters. The lowest BCUT2D eigenvalue weighted by Gasteiger charge is -2.32. The number of likely N-dealkylation sites (N-methyl/N-ethyl adjacent to an activating group) is 1. The number of likely N-dealkylation sites (tertiary alicyclic amines) is 1. The fraction of sp³-hybridized carbons (Fsp3) is 0.667. The third-order valence-electron chi connectivity index (χ3n) is 3.80. The predicted octanol–water partition coefficient (Wildman–Crippen LogP) is 0.959. The number of carbonyl (C=O) groups is 2. The summed E-state index contributed by atoms with van der Waals surface area (Å²) in [5, 5.41) is 0.535. The molecule has 1 unspecified atom stereocenters. The standard InChI is InChI=1S/C15H24N4O3S/c1-3-22-14(21)11-5-4-6-19(8-11)13(20)10-18(2)9-12-7-17-15(16)23-12/h7,11H,3-6,8-10H2,1-2H3,(H2,16,17). The van der Waals surface area contributed by atoms with E-state index in [1.54, 1.807) is 18.0 Å². The Morgan fingerprint density at radius 2 is 2.35 bits per heavy atom. The molecule has 0 bridgehead atoms. The highest BCUT2D eigenvalue weighted by Gasteiger charge is 2.29. The van der Waals surface area contributed by atoms with Gasteiger partial charge in [-0.25, -0.2) is 4.98 Å². The van der Waals surface area contributed by atoms with Crippen LogP contribution in [0.25, 0.3) is 0 Å². The van der Waals surface area contributed by atoms with Gasteiger partial charge < -0.3 is 15.4 Å². The Kier molecular flexibility index (Phi) is 6.35. The quantitative estimate of drug-likeness (QED) is 0.776. The van der Waals surface area contributed by atoms with E-state index in [1.165, 1.54) is 11.3 Å². The lowest BCUT2D eigenvalue weighted by Crippen LogP contribution is -2.46. The summed E-state index contributed by atoms with van der Waals surface area (Å²) >= 11 is 1.43. The number of aromatic nitrogens is 1. The van der Waals surface area contributed by atoms with Gasteiger partial charge in [0.1, 0.15) is 0 Å².